The number of rotatable bonds is 6. The number of nitrogens with zero attached hydrogens (tertiary/aromatic N) is 4. The number of nitrogens with one attached hydrogen (secondary N) is 2. The Labute approximate surface area is 195 Å². The van der Waals surface area contributed by atoms with Crippen LogP contribution in [0.3, 0.4) is 0 Å². The highest BCUT2D eigenvalue weighted by Gasteiger charge is 2.10. The molecule has 1 aliphatic heterocycles. The van der Waals surface area contributed by atoms with Crippen LogP contribution in [-0.2, 0) is 9.53 Å². The van der Waals surface area contributed by atoms with Gasteiger partial charge in [-0.2, -0.15) is 0 Å². The molecule has 0 radical (unpaired) electrons. The van der Waals surface area contributed by atoms with Crippen molar-refractivity contribution in [2.45, 2.75) is 12.8 Å². The van der Waals surface area contributed by atoms with Gasteiger partial charge in [-0.15, -0.1) is 0 Å². The molecule has 1 aliphatic rings. The van der Waals surface area contributed by atoms with Crippen molar-refractivity contribution in [3.05, 3.63) is 47.6 Å². The molecule has 1 amide bonds. The largest absolute Gasteiger partial charge is 0.379 e. The molecule has 3 heterocycles. The first-order valence-corrected chi connectivity index (χ1v) is 10.9. The van der Waals surface area contributed by atoms with Crippen LogP contribution < -0.4 is 10.6 Å². The van der Waals surface area contributed by atoms with Gasteiger partial charge in [-0.25, -0.2) is 19.3 Å². The predicted molar refractivity (Wildman–Crippen MR) is 125 cm³/mol. The summed E-state index contributed by atoms with van der Waals surface area (Å²) in [6, 6.07) is 5.93. The molecule has 0 unspecified atom stereocenters. The summed E-state index contributed by atoms with van der Waals surface area (Å²) in [6.45, 7) is 4.37. The second-order valence-corrected chi connectivity index (χ2v) is 7.78. The lowest BCUT2D eigenvalue weighted by Crippen LogP contribution is -2.36. The van der Waals surface area contributed by atoms with Gasteiger partial charge < -0.3 is 10.1 Å². The Hall–Kier alpha value is -3.32. The number of carbonyl (C=O) groups excluding carboxylic acids is 1. The fraction of sp³-hybridized carbons (Fsp3) is 0.304. The van der Waals surface area contributed by atoms with Gasteiger partial charge in [0.05, 0.1) is 29.9 Å². The second-order valence-electron chi connectivity index (χ2n) is 7.38. The van der Waals surface area contributed by atoms with E-state index in [9.17, 15) is 9.18 Å². The van der Waals surface area contributed by atoms with Crippen LogP contribution in [-0.4, -0.2) is 58.6 Å². The highest BCUT2D eigenvalue weighted by Crippen LogP contribution is 2.26. The molecule has 170 valence electrons. The Balaban J connectivity index is 1.38. The molecule has 0 saturated carbocycles. The van der Waals surface area contributed by atoms with E-state index in [0.717, 1.165) is 39.3 Å². The Kier molecular flexibility index (Phi) is 7.62. The number of ether oxygens (including phenoxy) is 1. The summed E-state index contributed by atoms with van der Waals surface area (Å²) in [6.07, 6.45) is 4.45. The van der Waals surface area contributed by atoms with Crippen LogP contribution in [0.2, 0.25) is 5.02 Å². The number of carbonyl (C=O) groups is 1. The van der Waals surface area contributed by atoms with E-state index >= 15 is 0 Å². The summed E-state index contributed by atoms with van der Waals surface area (Å²) in [5, 5.41) is 6.39. The molecule has 8 nitrogen and oxygen atoms in total. The van der Waals surface area contributed by atoms with Crippen LogP contribution in [0.15, 0.2) is 36.8 Å². The minimum atomic E-state index is -0.508. The van der Waals surface area contributed by atoms with Gasteiger partial charge in [0, 0.05) is 30.6 Å². The Morgan fingerprint density at radius 1 is 1.21 bits per heavy atom. The molecule has 0 bridgehead atoms. The van der Waals surface area contributed by atoms with Crippen molar-refractivity contribution in [2.75, 3.05) is 43.5 Å². The summed E-state index contributed by atoms with van der Waals surface area (Å²) in [5.74, 6) is 5.35. The lowest BCUT2D eigenvalue weighted by Gasteiger charge is -2.26. The zero-order valence-electron chi connectivity index (χ0n) is 17.8. The third-order valence-corrected chi connectivity index (χ3v) is 5.32. The summed E-state index contributed by atoms with van der Waals surface area (Å²) in [7, 11) is 0. The number of morpholine rings is 1. The first-order valence-electron chi connectivity index (χ1n) is 10.5. The number of benzene rings is 1. The molecule has 0 spiro atoms. The molecule has 1 saturated heterocycles. The van der Waals surface area contributed by atoms with E-state index in [1.54, 1.807) is 12.1 Å². The van der Waals surface area contributed by atoms with E-state index in [4.69, 9.17) is 16.3 Å². The van der Waals surface area contributed by atoms with Gasteiger partial charge in [0.2, 0.25) is 0 Å². The predicted octanol–water partition coefficient (Wildman–Crippen LogP) is 3.62. The molecular formula is C23H22ClFN6O2. The third-order valence-electron chi connectivity index (χ3n) is 5.03. The van der Waals surface area contributed by atoms with E-state index in [0.29, 0.717) is 34.6 Å². The Morgan fingerprint density at radius 3 is 2.88 bits per heavy atom. The van der Waals surface area contributed by atoms with Crippen molar-refractivity contribution < 1.29 is 13.9 Å². The maximum Gasteiger partial charge on any atom is 0.301 e. The van der Waals surface area contributed by atoms with Crippen molar-refractivity contribution in [2.24, 2.45) is 0 Å². The first-order chi connectivity index (χ1) is 16.1. The Bertz CT molecular complexity index is 1210. The van der Waals surface area contributed by atoms with Crippen molar-refractivity contribution in [3.8, 4) is 11.8 Å². The number of pyridine rings is 1. The Morgan fingerprint density at radius 2 is 2.06 bits per heavy atom. The first kappa shape index (κ1) is 22.9. The molecule has 1 aromatic carbocycles. The van der Waals surface area contributed by atoms with Crippen molar-refractivity contribution in [1.29, 1.82) is 0 Å². The topological polar surface area (TPSA) is 92.3 Å². The van der Waals surface area contributed by atoms with Crippen molar-refractivity contribution in [3.63, 3.8) is 0 Å². The number of halogens is 2. The molecule has 1 fully saturated rings. The smallest absolute Gasteiger partial charge is 0.301 e. The fourth-order valence-electron chi connectivity index (χ4n) is 3.34. The molecule has 10 heteroatoms. The minimum Gasteiger partial charge on any atom is -0.379 e. The third kappa shape index (κ3) is 6.35. The highest BCUT2D eigenvalue weighted by atomic mass is 35.5. The van der Waals surface area contributed by atoms with Crippen LogP contribution in [0, 0.1) is 17.7 Å². The monoisotopic (exact) mass is 468 g/mol. The van der Waals surface area contributed by atoms with Gasteiger partial charge in [0.25, 0.3) is 0 Å². The number of aromatic nitrogens is 3. The molecule has 4 rings (SSSR count). The van der Waals surface area contributed by atoms with Gasteiger partial charge in [0.15, 0.2) is 0 Å². The zero-order chi connectivity index (χ0) is 23.0. The number of anilines is 3. The molecular weight excluding hydrogens is 447 g/mol. The molecule has 0 atom stereocenters. The van der Waals surface area contributed by atoms with Gasteiger partial charge in [-0.3, -0.25) is 15.0 Å². The lowest BCUT2D eigenvalue weighted by atomic mass is 10.2. The maximum absolute atomic E-state index is 13.4. The maximum atomic E-state index is 13.4. The standard InChI is InChI=1S/C23H22ClFN6O2/c24-18-12-16(5-6-19(18)25)29-23-17-13-21(26-14-20(17)27-15-28-23)30-22(32)4-2-1-3-7-31-8-10-33-11-9-31/h5-6,12-15H,1,3,7-11H2,(H,26,30,32)(H,27,28,29). The number of amides is 1. The summed E-state index contributed by atoms with van der Waals surface area (Å²) < 4.78 is 18.8. The van der Waals surface area contributed by atoms with Crippen LogP contribution in [0.5, 0.6) is 0 Å². The molecule has 3 aromatic rings. The number of fused-ring (bicyclic) bond motifs is 1. The van der Waals surface area contributed by atoms with Crippen molar-refractivity contribution >= 4 is 45.7 Å². The fourth-order valence-corrected chi connectivity index (χ4v) is 3.52. The van der Waals surface area contributed by atoms with E-state index in [-0.39, 0.29) is 5.02 Å². The van der Waals surface area contributed by atoms with E-state index in [1.165, 1.54) is 24.7 Å². The number of hydrogen-bond acceptors (Lipinski definition) is 7. The molecule has 0 aliphatic carbocycles. The van der Waals surface area contributed by atoms with Crippen molar-refractivity contribution in [1.82, 2.24) is 19.9 Å². The van der Waals surface area contributed by atoms with Crippen LogP contribution in [0.1, 0.15) is 12.8 Å². The SMILES string of the molecule is O=C(C#CCCCN1CCOCC1)Nc1cc2c(Nc3ccc(F)c(Cl)c3)ncnc2cn1. The summed E-state index contributed by atoms with van der Waals surface area (Å²) in [5.41, 5.74) is 1.14. The summed E-state index contributed by atoms with van der Waals surface area (Å²) >= 11 is 5.86. The highest BCUT2D eigenvalue weighted by molar-refractivity contribution is 6.31. The molecule has 33 heavy (non-hydrogen) atoms. The number of hydrogen-bond donors (Lipinski definition) is 2. The summed E-state index contributed by atoms with van der Waals surface area (Å²) in [4.78, 5) is 27.2. The van der Waals surface area contributed by atoms with Gasteiger partial charge in [0.1, 0.15) is 23.8 Å². The van der Waals surface area contributed by atoms with Gasteiger partial charge in [-0.05, 0) is 43.2 Å². The van der Waals surface area contributed by atoms with Crippen LogP contribution in [0.25, 0.3) is 10.9 Å². The second kappa shape index (κ2) is 11.0. The molecule has 2 N–H and O–H groups in total. The number of unbranched alkanes of at least 4 members (excludes halogenated alkanes) is 1. The molecule has 2 aromatic heterocycles. The van der Waals surface area contributed by atoms with Crippen LogP contribution >= 0.6 is 11.6 Å². The average Bonchev–Trinajstić information content (AvgIpc) is 2.82. The minimum absolute atomic E-state index is 0.00324. The zero-order valence-corrected chi connectivity index (χ0v) is 18.5. The van der Waals surface area contributed by atoms with Gasteiger partial charge in [-0.1, -0.05) is 17.5 Å². The van der Waals surface area contributed by atoms with Crippen LogP contribution in [0.4, 0.5) is 21.7 Å². The lowest BCUT2D eigenvalue weighted by molar-refractivity contribution is -0.111. The van der Waals surface area contributed by atoms with Gasteiger partial charge >= 0.3 is 5.91 Å². The van der Waals surface area contributed by atoms with E-state index < -0.39 is 11.7 Å². The average molecular weight is 469 g/mol. The van der Waals surface area contributed by atoms with E-state index in [1.807, 2.05) is 0 Å². The quantitative estimate of drug-likeness (QED) is 0.421. The normalized spacial score (nSPS) is 13.9. The van der Waals surface area contributed by atoms with E-state index in [2.05, 4.69) is 42.3 Å².